The first-order valence-corrected chi connectivity index (χ1v) is 9.07. The highest BCUT2D eigenvalue weighted by Gasteiger charge is 2.17. The second-order valence-electron chi connectivity index (χ2n) is 6.30. The van der Waals surface area contributed by atoms with Crippen LogP contribution in [0.25, 0.3) is 0 Å². The Kier molecular flexibility index (Phi) is 6.36. The summed E-state index contributed by atoms with van der Waals surface area (Å²) in [6, 6.07) is 13.9. The molecule has 0 aliphatic carbocycles. The first kappa shape index (κ1) is 18.5. The Morgan fingerprint density at radius 2 is 1.92 bits per heavy atom. The summed E-state index contributed by atoms with van der Waals surface area (Å²) >= 11 is 6.28. The van der Waals surface area contributed by atoms with Gasteiger partial charge in [0, 0.05) is 19.0 Å². The van der Waals surface area contributed by atoms with Crippen molar-refractivity contribution < 1.29 is 19.4 Å². The average molecular weight is 376 g/mol. The number of carboxylic acid groups (broad SMARTS) is 1. The maximum Gasteiger partial charge on any atom is 0.303 e. The molecule has 0 fully saturated rings. The minimum Gasteiger partial charge on any atom is -0.486 e. The summed E-state index contributed by atoms with van der Waals surface area (Å²) < 4.78 is 11.1. The van der Waals surface area contributed by atoms with E-state index in [9.17, 15) is 4.79 Å². The van der Waals surface area contributed by atoms with Crippen molar-refractivity contribution in [2.75, 3.05) is 13.2 Å². The van der Waals surface area contributed by atoms with Gasteiger partial charge in [-0.25, -0.2) is 0 Å². The molecule has 0 spiro atoms. The second-order valence-corrected chi connectivity index (χ2v) is 6.71. The lowest BCUT2D eigenvalue weighted by atomic mass is 10.0. The third-order valence-electron chi connectivity index (χ3n) is 4.28. The zero-order valence-corrected chi connectivity index (χ0v) is 15.2. The molecule has 0 amide bonds. The molecule has 6 heteroatoms. The lowest BCUT2D eigenvalue weighted by Gasteiger charge is -2.22. The predicted octanol–water partition coefficient (Wildman–Crippen LogP) is 3.68. The highest BCUT2D eigenvalue weighted by Crippen LogP contribution is 2.38. The fourth-order valence-electron chi connectivity index (χ4n) is 3.00. The van der Waals surface area contributed by atoms with Crippen molar-refractivity contribution >= 4 is 17.6 Å². The Morgan fingerprint density at radius 1 is 1.15 bits per heavy atom. The second kappa shape index (κ2) is 8.92. The van der Waals surface area contributed by atoms with Gasteiger partial charge in [0.1, 0.15) is 13.2 Å². The van der Waals surface area contributed by atoms with E-state index in [1.165, 1.54) is 5.56 Å². The molecule has 0 bridgehead atoms. The number of hydrogen-bond donors (Lipinski definition) is 2. The molecular formula is C20H22ClNO4. The van der Waals surface area contributed by atoms with Crippen LogP contribution in [0.5, 0.6) is 11.5 Å². The lowest BCUT2D eigenvalue weighted by molar-refractivity contribution is -0.137. The Morgan fingerprint density at radius 3 is 2.69 bits per heavy atom. The van der Waals surface area contributed by atoms with Crippen molar-refractivity contribution in [3.05, 3.63) is 58.6 Å². The van der Waals surface area contributed by atoms with Crippen LogP contribution >= 0.6 is 11.6 Å². The van der Waals surface area contributed by atoms with Gasteiger partial charge in [-0.15, -0.1) is 0 Å². The van der Waals surface area contributed by atoms with E-state index in [4.69, 9.17) is 26.2 Å². The van der Waals surface area contributed by atoms with Crippen molar-refractivity contribution in [1.29, 1.82) is 0 Å². The number of ether oxygens (including phenoxy) is 2. The molecule has 2 aromatic carbocycles. The monoisotopic (exact) mass is 375 g/mol. The molecule has 138 valence electrons. The number of hydrogen-bond acceptors (Lipinski definition) is 4. The van der Waals surface area contributed by atoms with Crippen LogP contribution in [-0.4, -0.2) is 30.3 Å². The number of carbonyl (C=O) groups is 1. The summed E-state index contributed by atoms with van der Waals surface area (Å²) in [5.74, 6) is 0.464. The highest BCUT2D eigenvalue weighted by molar-refractivity contribution is 6.32. The van der Waals surface area contributed by atoms with Gasteiger partial charge in [0.2, 0.25) is 0 Å². The van der Waals surface area contributed by atoms with Crippen LogP contribution in [0.2, 0.25) is 5.02 Å². The van der Waals surface area contributed by atoms with Crippen molar-refractivity contribution in [3.63, 3.8) is 0 Å². The normalized spacial score (nSPS) is 14.0. The summed E-state index contributed by atoms with van der Waals surface area (Å²) in [4.78, 5) is 11.0. The van der Waals surface area contributed by atoms with E-state index < -0.39 is 5.97 Å². The van der Waals surface area contributed by atoms with Crippen molar-refractivity contribution in [2.24, 2.45) is 0 Å². The van der Waals surface area contributed by atoms with Crippen LogP contribution in [0.4, 0.5) is 0 Å². The maximum absolute atomic E-state index is 11.0. The van der Waals surface area contributed by atoms with Gasteiger partial charge in [0.15, 0.2) is 11.5 Å². The molecule has 5 nitrogen and oxygen atoms in total. The molecule has 1 aliphatic rings. The fourth-order valence-corrected chi connectivity index (χ4v) is 3.29. The van der Waals surface area contributed by atoms with Crippen molar-refractivity contribution in [1.82, 2.24) is 5.32 Å². The van der Waals surface area contributed by atoms with E-state index >= 15 is 0 Å². The first-order chi connectivity index (χ1) is 12.6. The largest absolute Gasteiger partial charge is 0.486 e. The maximum atomic E-state index is 11.0. The van der Waals surface area contributed by atoms with E-state index in [0.29, 0.717) is 42.7 Å². The average Bonchev–Trinajstić information content (AvgIpc) is 2.65. The van der Waals surface area contributed by atoms with Gasteiger partial charge in [-0.3, -0.25) is 4.79 Å². The first-order valence-electron chi connectivity index (χ1n) is 8.69. The predicted molar refractivity (Wildman–Crippen MR) is 100 cm³/mol. The van der Waals surface area contributed by atoms with Crippen molar-refractivity contribution in [2.45, 2.75) is 31.8 Å². The van der Waals surface area contributed by atoms with Gasteiger partial charge in [-0.1, -0.05) is 41.9 Å². The van der Waals surface area contributed by atoms with Gasteiger partial charge in [-0.2, -0.15) is 0 Å². The number of nitrogens with one attached hydrogen (secondary N) is 1. The molecule has 0 saturated carbocycles. The van der Waals surface area contributed by atoms with Gasteiger partial charge in [0.05, 0.1) is 5.02 Å². The zero-order chi connectivity index (χ0) is 18.4. The summed E-state index contributed by atoms with van der Waals surface area (Å²) in [7, 11) is 0. The number of benzene rings is 2. The van der Waals surface area contributed by atoms with Gasteiger partial charge in [-0.05, 0) is 36.1 Å². The molecule has 0 saturated heterocycles. The highest BCUT2D eigenvalue weighted by atomic mass is 35.5. The van der Waals surface area contributed by atoms with E-state index in [2.05, 4.69) is 17.4 Å². The topological polar surface area (TPSA) is 67.8 Å². The van der Waals surface area contributed by atoms with Crippen LogP contribution in [0, 0.1) is 0 Å². The molecule has 1 heterocycles. The fraction of sp³-hybridized carbons (Fsp3) is 0.350. The quantitative estimate of drug-likeness (QED) is 0.736. The third kappa shape index (κ3) is 5.13. The van der Waals surface area contributed by atoms with Gasteiger partial charge < -0.3 is 19.9 Å². The Balaban J connectivity index is 1.66. The van der Waals surface area contributed by atoms with Crippen LogP contribution in [0.1, 0.15) is 24.0 Å². The summed E-state index contributed by atoms with van der Waals surface area (Å²) in [6.07, 6.45) is 1.46. The Labute approximate surface area is 157 Å². The van der Waals surface area contributed by atoms with Crippen LogP contribution in [0.15, 0.2) is 42.5 Å². The number of aliphatic carboxylic acids is 1. The van der Waals surface area contributed by atoms with E-state index in [0.717, 1.165) is 12.0 Å². The van der Waals surface area contributed by atoms with E-state index in [1.54, 1.807) is 0 Å². The Hall–Kier alpha value is -2.24. The number of fused-ring (bicyclic) bond motifs is 1. The molecule has 3 rings (SSSR count). The minimum absolute atomic E-state index is 0.0560. The minimum atomic E-state index is -0.785. The molecule has 26 heavy (non-hydrogen) atoms. The molecule has 1 atom stereocenters. The SMILES string of the molecule is O=C(O)CCC(Cc1ccccc1)NCc1cc(Cl)c2c(c1)OCCO2. The van der Waals surface area contributed by atoms with Crippen LogP contribution in [0.3, 0.4) is 0 Å². The molecule has 1 aliphatic heterocycles. The third-order valence-corrected chi connectivity index (χ3v) is 4.56. The van der Waals surface area contributed by atoms with Gasteiger partial charge in [0.25, 0.3) is 0 Å². The molecule has 2 N–H and O–H groups in total. The summed E-state index contributed by atoms with van der Waals surface area (Å²) in [5, 5.41) is 13.0. The number of rotatable bonds is 8. The molecule has 2 aromatic rings. The van der Waals surface area contributed by atoms with Gasteiger partial charge >= 0.3 is 5.97 Å². The molecule has 0 radical (unpaired) electrons. The van der Waals surface area contributed by atoms with Crippen molar-refractivity contribution in [3.8, 4) is 11.5 Å². The molecule has 0 aromatic heterocycles. The molecular weight excluding hydrogens is 354 g/mol. The molecule has 1 unspecified atom stereocenters. The number of carboxylic acids is 1. The smallest absolute Gasteiger partial charge is 0.303 e. The van der Waals surface area contributed by atoms with Crippen LogP contribution < -0.4 is 14.8 Å². The Bertz CT molecular complexity index is 751. The van der Waals surface area contributed by atoms with Crippen LogP contribution in [-0.2, 0) is 17.8 Å². The van der Waals surface area contributed by atoms with E-state index in [-0.39, 0.29) is 12.5 Å². The standard InChI is InChI=1S/C20H22ClNO4/c21-17-11-15(12-18-20(17)26-9-8-25-18)13-22-16(6-7-19(23)24)10-14-4-2-1-3-5-14/h1-5,11-12,16,22H,6-10,13H2,(H,23,24). The number of halogens is 1. The lowest BCUT2D eigenvalue weighted by Crippen LogP contribution is -2.31. The zero-order valence-electron chi connectivity index (χ0n) is 14.4. The summed E-state index contributed by atoms with van der Waals surface area (Å²) in [6.45, 7) is 1.58. The summed E-state index contributed by atoms with van der Waals surface area (Å²) in [5.41, 5.74) is 2.16. The van der Waals surface area contributed by atoms with E-state index in [1.807, 2.05) is 30.3 Å².